The zero-order valence-corrected chi connectivity index (χ0v) is 8.42. The molecule has 2 atom stereocenters. The molecule has 0 saturated heterocycles. The maximum atomic E-state index is 12.9. The second-order valence-corrected chi connectivity index (χ2v) is 3.57. The Morgan fingerprint density at radius 1 is 1.25 bits per heavy atom. The van der Waals surface area contributed by atoms with E-state index in [-0.39, 0.29) is 5.56 Å². The number of aliphatic hydroxyl groups excluding tert-OH is 1. The second-order valence-electron chi connectivity index (χ2n) is 3.57. The summed E-state index contributed by atoms with van der Waals surface area (Å²) in [5, 5.41) is 9.45. The first kappa shape index (κ1) is 12.9. The van der Waals surface area contributed by atoms with Gasteiger partial charge in [-0.3, -0.25) is 0 Å². The number of nitrogens with two attached hydrogens (primary N) is 1. The van der Waals surface area contributed by atoms with Gasteiger partial charge >= 0.3 is 6.18 Å². The van der Waals surface area contributed by atoms with Crippen LogP contribution in [0, 0.1) is 5.82 Å². The van der Waals surface area contributed by atoms with Crippen LogP contribution in [0.1, 0.15) is 24.2 Å². The molecule has 0 aliphatic heterocycles. The molecular formula is C10H11F4NO. The van der Waals surface area contributed by atoms with Crippen molar-refractivity contribution in [2.75, 3.05) is 0 Å². The minimum Gasteiger partial charge on any atom is -0.387 e. The minimum absolute atomic E-state index is 0.178. The van der Waals surface area contributed by atoms with Gasteiger partial charge in [0.2, 0.25) is 0 Å². The Kier molecular flexibility index (Phi) is 3.54. The monoisotopic (exact) mass is 237 g/mol. The number of hydrogen-bond donors (Lipinski definition) is 2. The van der Waals surface area contributed by atoms with E-state index in [9.17, 15) is 22.7 Å². The van der Waals surface area contributed by atoms with Crippen molar-refractivity contribution in [3.63, 3.8) is 0 Å². The van der Waals surface area contributed by atoms with Gasteiger partial charge in [-0.2, -0.15) is 13.2 Å². The number of rotatable bonds is 2. The normalized spacial score (nSPS) is 15.9. The van der Waals surface area contributed by atoms with Gasteiger partial charge in [-0.1, -0.05) is 0 Å². The molecule has 1 rings (SSSR count). The maximum absolute atomic E-state index is 12.9. The standard InChI is InChI=1S/C10H11F4NO/c1-5(15)9(16)6-2-7(10(12,13)14)4-8(11)3-6/h2-5,9,16H,15H2,1H3/t5-,9-/m1/s1. The van der Waals surface area contributed by atoms with Gasteiger partial charge in [0.15, 0.2) is 0 Å². The van der Waals surface area contributed by atoms with Crippen molar-refractivity contribution < 1.29 is 22.7 Å². The smallest absolute Gasteiger partial charge is 0.387 e. The molecule has 0 fully saturated rings. The van der Waals surface area contributed by atoms with Crippen LogP contribution in [0.25, 0.3) is 0 Å². The van der Waals surface area contributed by atoms with Crippen molar-refractivity contribution in [3.8, 4) is 0 Å². The molecule has 0 spiro atoms. The van der Waals surface area contributed by atoms with Crippen molar-refractivity contribution >= 4 is 0 Å². The lowest BCUT2D eigenvalue weighted by Crippen LogP contribution is -2.24. The molecule has 2 nitrogen and oxygen atoms in total. The van der Waals surface area contributed by atoms with Crippen LogP contribution in [-0.4, -0.2) is 11.1 Å². The molecule has 3 N–H and O–H groups in total. The molecule has 0 saturated carbocycles. The number of hydrogen-bond acceptors (Lipinski definition) is 2. The molecule has 6 heteroatoms. The summed E-state index contributed by atoms with van der Waals surface area (Å²) >= 11 is 0. The van der Waals surface area contributed by atoms with E-state index in [1.54, 1.807) is 0 Å². The fraction of sp³-hybridized carbons (Fsp3) is 0.400. The van der Waals surface area contributed by atoms with E-state index in [0.717, 1.165) is 6.07 Å². The highest BCUT2D eigenvalue weighted by molar-refractivity contribution is 5.28. The molecule has 0 amide bonds. The Hall–Kier alpha value is -1.14. The third-order valence-corrected chi connectivity index (χ3v) is 2.09. The van der Waals surface area contributed by atoms with Crippen molar-refractivity contribution in [2.24, 2.45) is 5.73 Å². The topological polar surface area (TPSA) is 46.2 Å². The lowest BCUT2D eigenvalue weighted by molar-refractivity contribution is -0.137. The van der Waals surface area contributed by atoms with Crippen LogP contribution in [0.15, 0.2) is 18.2 Å². The molecule has 0 bridgehead atoms. The number of aliphatic hydroxyl groups is 1. The zero-order valence-electron chi connectivity index (χ0n) is 8.42. The lowest BCUT2D eigenvalue weighted by atomic mass is 10.0. The van der Waals surface area contributed by atoms with E-state index in [1.165, 1.54) is 6.92 Å². The highest BCUT2D eigenvalue weighted by atomic mass is 19.4. The average Bonchev–Trinajstić information content (AvgIpc) is 2.14. The Labute approximate surface area is 89.7 Å². The summed E-state index contributed by atoms with van der Waals surface area (Å²) in [6.45, 7) is 1.42. The Balaban J connectivity index is 3.18. The van der Waals surface area contributed by atoms with E-state index < -0.39 is 29.7 Å². The van der Waals surface area contributed by atoms with Crippen molar-refractivity contribution in [1.29, 1.82) is 0 Å². The van der Waals surface area contributed by atoms with E-state index >= 15 is 0 Å². The second kappa shape index (κ2) is 4.39. The molecule has 0 radical (unpaired) electrons. The predicted octanol–water partition coefficient (Wildman–Crippen LogP) is 2.23. The highest BCUT2D eigenvalue weighted by Crippen LogP contribution is 2.32. The van der Waals surface area contributed by atoms with Crippen LogP contribution < -0.4 is 5.73 Å². The molecule has 0 unspecified atom stereocenters. The van der Waals surface area contributed by atoms with Crippen LogP contribution in [0.4, 0.5) is 17.6 Å². The molecule has 1 aromatic rings. The van der Waals surface area contributed by atoms with E-state index in [1.807, 2.05) is 0 Å². The molecule has 0 heterocycles. The average molecular weight is 237 g/mol. The number of alkyl halides is 3. The summed E-state index contributed by atoms with van der Waals surface area (Å²) in [4.78, 5) is 0. The van der Waals surface area contributed by atoms with Gasteiger partial charge in [-0.05, 0) is 30.7 Å². The largest absolute Gasteiger partial charge is 0.416 e. The predicted molar refractivity (Wildman–Crippen MR) is 50.0 cm³/mol. The molecular weight excluding hydrogens is 226 g/mol. The van der Waals surface area contributed by atoms with Crippen LogP contribution in [0.3, 0.4) is 0 Å². The maximum Gasteiger partial charge on any atom is 0.416 e. The van der Waals surface area contributed by atoms with Gasteiger partial charge in [0.05, 0.1) is 11.7 Å². The summed E-state index contributed by atoms with van der Waals surface area (Å²) < 4.78 is 49.9. The van der Waals surface area contributed by atoms with Gasteiger partial charge in [0.1, 0.15) is 5.82 Å². The summed E-state index contributed by atoms with van der Waals surface area (Å²) in [6, 6.07) is 1.13. The quantitative estimate of drug-likeness (QED) is 0.775. The van der Waals surface area contributed by atoms with Gasteiger partial charge in [0, 0.05) is 6.04 Å². The SMILES string of the molecule is C[C@@H](N)[C@@H](O)c1cc(F)cc(C(F)(F)F)c1. The fourth-order valence-electron chi connectivity index (χ4n) is 1.25. The molecule has 16 heavy (non-hydrogen) atoms. The molecule has 0 aliphatic carbocycles. The lowest BCUT2D eigenvalue weighted by Gasteiger charge is -2.16. The van der Waals surface area contributed by atoms with Gasteiger partial charge in [-0.25, -0.2) is 4.39 Å². The summed E-state index contributed by atoms with van der Waals surface area (Å²) in [7, 11) is 0. The van der Waals surface area contributed by atoms with Crippen molar-refractivity contribution in [1.82, 2.24) is 0 Å². The van der Waals surface area contributed by atoms with Crippen molar-refractivity contribution in [2.45, 2.75) is 25.2 Å². The zero-order chi connectivity index (χ0) is 12.5. The molecule has 90 valence electrons. The molecule has 0 aromatic heterocycles. The molecule has 0 aliphatic rings. The third-order valence-electron chi connectivity index (χ3n) is 2.09. The Morgan fingerprint density at radius 2 is 1.81 bits per heavy atom. The number of halogens is 4. The van der Waals surface area contributed by atoms with Gasteiger partial charge in [-0.15, -0.1) is 0 Å². The Morgan fingerprint density at radius 3 is 2.25 bits per heavy atom. The van der Waals surface area contributed by atoms with E-state index in [2.05, 4.69) is 0 Å². The molecule has 1 aromatic carbocycles. The Bertz CT molecular complexity index is 376. The van der Waals surface area contributed by atoms with Gasteiger partial charge in [0.25, 0.3) is 0 Å². The first-order valence-corrected chi connectivity index (χ1v) is 4.53. The summed E-state index contributed by atoms with van der Waals surface area (Å²) in [6.07, 6.45) is -5.97. The minimum atomic E-state index is -4.64. The number of benzene rings is 1. The van der Waals surface area contributed by atoms with E-state index in [0.29, 0.717) is 12.1 Å². The highest BCUT2D eigenvalue weighted by Gasteiger charge is 2.32. The summed E-state index contributed by atoms with van der Waals surface area (Å²) in [5.41, 5.74) is 4.01. The fourth-order valence-corrected chi connectivity index (χ4v) is 1.25. The van der Waals surface area contributed by atoms with Gasteiger partial charge < -0.3 is 10.8 Å². The van der Waals surface area contributed by atoms with Crippen LogP contribution in [0.2, 0.25) is 0 Å². The third kappa shape index (κ3) is 2.93. The first-order valence-electron chi connectivity index (χ1n) is 4.53. The first-order chi connectivity index (χ1) is 7.21. The van der Waals surface area contributed by atoms with Crippen LogP contribution >= 0.6 is 0 Å². The van der Waals surface area contributed by atoms with E-state index in [4.69, 9.17) is 5.73 Å². The van der Waals surface area contributed by atoms with Crippen LogP contribution in [0.5, 0.6) is 0 Å². The summed E-state index contributed by atoms with van der Waals surface area (Å²) in [5.74, 6) is -1.05. The van der Waals surface area contributed by atoms with Crippen molar-refractivity contribution in [3.05, 3.63) is 35.1 Å². The van der Waals surface area contributed by atoms with Crippen LogP contribution in [-0.2, 0) is 6.18 Å².